The summed E-state index contributed by atoms with van der Waals surface area (Å²) in [7, 11) is 1.47. The molecule has 0 spiro atoms. The lowest BCUT2D eigenvalue weighted by molar-refractivity contribution is -0.117. The van der Waals surface area contributed by atoms with Gasteiger partial charge in [-0.3, -0.25) is 19.5 Å². The van der Waals surface area contributed by atoms with E-state index in [1.807, 2.05) is 36.4 Å². The molecule has 0 aliphatic carbocycles. The Kier molecular flexibility index (Phi) is 5.43. The Hall–Kier alpha value is -4.62. The second-order valence-electron chi connectivity index (χ2n) is 8.58. The van der Waals surface area contributed by atoms with Gasteiger partial charge in [0.15, 0.2) is 22.9 Å². The maximum absolute atomic E-state index is 13.9. The van der Waals surface area contributed by atoms with Gasteiger partial charge in [0, 0.05) is 34.3 Å². The molecule has 1 atom stereocenters. The lowest BCUT2D eigenvalue weighted by atomic mass is 9.95. The number of pyridine rings is 1. The van der Waals surface area contributed by atoms with Crippen LogP contribution in [-0.2, 0) is 4.79 Å². The lowest BCUT2D eigenvalue weighted by Gasteiger charge is -2.27. The van der Waals surface area contributed by atoms with Crippen LogP contribution in [0.25, 0.3) is 21.7 Å². The number of hydrogen-bond donors (Lipinski definition) is 1. The van der Waals surface area contributed by atoms with Crippen molar-refractivity contribution in [1.29, 1.82) is 0 Å². The Bertz CT molecular complexity index is 1740. The fraction of sp³-hybridized carbons (Fsp3) is 0.0690. The Morgan fingerprint density at radius 3 is 2.57 bits per heavy atom. The van der Waals surface area contributed by atoms with Crippen LogP contribution in [0, 0.1) is 0 Å². The first-order valence-corrected chi connectivity index (χ1v) is 11.8. The molecule has 8 heteroatoms. The van der Waals surface area contributed by atoms with E-state index in [1.54, 1.807) is 42.7 Å². The molecule has 0 radical (unpaired) electrons. The number of amides is 1. The molecule has 0 bridgehead atoms. The molecule has 6 rings (SSSR count). The molecule has 2 aromatic heterocycles. The summed E-state index contributed by atoms with van der Waals surface area (Å²) < 4.78 is 11.2. The van der Waals surface area contributed by atoms with Crippen LogP contribution < -0.4 is 9.64 Å². The van der Waals surface area contributed by atoms with Gasteiger partial charge in [0.25, 0.3) is 5.91 Å². The van der Waals surface area contributed by atoms with Crippen molar-refractivity contribution >= 4 is 50.7 Å². The predicted molar refractivity (Wildman–Crippen MR) is 140 cm³/mol. The summed E-state index contributed by atoms with van der Waals surface area (Å²) in [5.41, 5.74) is 1.43. The number of aromatic nitrogens is 1. The van der Waals surface area contributed by atoms with E-state index in [9.17, 15) is 14.7 Å². The molecule has 182 valence electrons. The number of ketones is 1. The highest BCUT2D eigenvalue weighted by Crippen LogP contribution is 2.44. The number of ether oxygens (including phenoxy) is 1. The first-order chi connectivity index (χ1) is 18.0. The number of nitrogens with zero attached hydrogens (tertiary/aromatic N) is 2. The molecule has 5 aromatic rings. The molecule has 3 heterocycles. The highest BCUT2D eigenvalue weighted by Gasteiger charge is 2.45. The largest absolute Gasteiger partial charge is 0.503 e. The van der Waals surface area contributed by atoms with Crippen molar-refractivity contribution in [2.75, 3.05) is 12.0 Å². The number of carbonyl (C=O) groups is 2. The number of Topliss-reactive ketones (excluding diaryl/α,β-unsaturated/α-hetero) is 1. The Labute approximate surface area is 216 Å². The first-order valence-electron chi connectivity index (χ1n) is 11.4. The number of aliphatic hydroxyl groups is 1. The Morgan fingerprint density at radius 1 is 1.03 bits per heavy atom. The highest BCUT2D eigenvalue weighted by atomic mass is 35.5. The fourth-order valence-corrected chi connectivity index (χ4v) is 5.06. The second kappa shape index (κ2) is 8.80. The van der Waals surface area contributed by atoms with Crippen LogP contribution in [0.1, 0.15) is 22.2 Å². The molecule has 37 heavy (non-hydrogen) atoms. The van der Waals surface area contributed by atoms with E-state index in [2.05, 4.69) is 4.98 Å². The summed E-state index contributed by atoms with van der Waals surface area (Å²) in [6.07, 6.45) is 3.15. The van der Waals surface area contributed by atoms with Crippen molar-refractivity contribution in [2.45, 2.75) is 6.04 Å². The number of furan rings is 1. The molecule has 1 aliphatic rings. The van der Waals surface area contributed by atoms with Gasteiger partial charge in [-0.1, -0.05) is 48.0 Å². The van der Waals surface area contributed by atoms with E-state index < -0.39 is 23.5 Å². The van der Waals surface area contributed by atoms with Gasteiger partial charge in [-0.05, 0) is 41.3 Å². The summed E-state index contributed by atoms with van der Waals surface area (Å²) in [4.78, 5) is 33.0. The SMILES string of the molecule is COc1cc(Cl)cc2cc(C(=O)C3=C(O)C(=O)N(c4cccc5ccccc45)C3c3ccncc3)oc12. The van der Waals surface area contributed by atoms with E-state index in [-0.39, 0.29) is 11.3 Å². The normalized spacial score (nSPS) is 15.7. The monoisotopic (exact) mass is 510 g/mol. The third-order valence-electron chi connectivity index (χ3n) is 6.49. The van der Waals surface area contributed by atoms with Gasteiger partial charge in [-0.25, -0.2) is 0 Å². The molecule has 1 aliphatic heterocycles. The zero-order valence-electron chi connectivity index (χ0n) is 19.5. The van der Waals surface area contributed by atoms with Crippen molar-refractivity contribution in [1.82, 2.24) is 4.98 Å². The topological polar surface area (TPSA) is 92.9 Å². The minimum absolute atomic E-state index is 0.0521. The number of carbonyl (C=O) groups excluding carboxylic acids is 2. The number of halogens is 1. The van der Waals surface area contributed by atoms with Gasteiger partial charge in [0.2, 0.25) is 5.78 Å². The van der Waals surface area contributed by atoms with Crippen LogP contribution in [0.2, 0.25) is 5.02 Å². The highest BCUT2D eigenvalue weighted by molar-refractivity contribution is 6.31. The predicted octanol–water partition coefficient (Wildman–Crippen LogP) is 6.43. The van der Waals surface area contributed by atoms with Crippen LogP contribution in [0.3, 0.4) is 0 Å². The van der Waals surface area contributed by atoms with Gasteiger partial charge < -0.3 is 14.3 Å². The molecule has 3 aromatic carbocycles. The number of fused-ring (bicyclic) bond motifs is 2. The summed E-state index contributed by atoms with van der Waals surface area (Å²) in [5, 5.41) is 13.8. The number of benzene rings is 3. The summed E-state index contributed by atoms with van der Waals surface area (Å²) >= 11 is 6.19. The zero-order chi connectivity index (χ0) is 25.7. The molecule has 0 saturated carbocycles. The molecule has 0 saturated heterocycles. The maximum atomic E-state index is 13.9. The molecule has 7 nitrogen and oxygen atoms in total. The molecule has 1 amide bonds. The van der Waals surface area contributed by atoms with E-state index in [0.717, 1.165) is 10.8 Å². The van der Waals surface area contributed by atoms with Crippen LogP contribution in [0.4, 0.5) is 5.69 Å². The zero-order valence-corrected chi connectivity index (χ0v) is 20.3. The van der Waals surface area contributed by atoms with Crippen molar-refractivity contribution in [2.24, 2.45) is 0 Å². The minimum atomic E-state index is -0.910. The number of rotatable bonds is 5. The number of anilines is 1. The molecule has 1 unspecified atom stereocenters. The van der Waals surface area contributed by atoms with Crippen molar-refractivity contribution in [3.63, 3.8) is 0 Å². The van der Waals surface area contributed by atoms with Crippen molar-refractivity contribution in [3.8, 4) is 5.75 Å². The Morgan fingerprint density at radius 2 is 1.78 bits per heavy atom. The molecular weight excluding hydrogens is 492 g/mol. The quantitative estimate of drug-likeness (QED) is 0.274. The van der Waals surface area contributed by atoms with Crippen LogP contribution in [0.5, 0.6) is 5.75 Å². The van der Waals surface area contributed by atoms with Gasteiger partial charge in [0.05, 0.1) is 24.4 Å². The fourth-order valence-electron chi connectivity index (χ4n) is 4.85. The maximum Gasteiger partial charge on any atom is 0.294 e. The Balaban J connectivity index is 1.54. The van der Waals surface area contributed by atoms with E-state index in [0.29, 0.717) is 33.0 Å². The van der Waals surface area contributed by atoms with Crippen molar-refractivity contribution < 1.29 is 23.8 Å². The third-order valence-corrected chi connectivity index (χ3v) is 6.71. The van der Waals surface area contributed by atoms with Gasteiger partial charge in [-0.2, -0.15) is 0 Å². The van der Waals surface area contributed by atoms with Crippen molar-refractivity contribution in [3.05, 3.63) is 113 Å². The van der Waals surface area contributed by atoms with Gasteiger partial charge in [0.1, 0.15) is 0 Å². The summed E-state index contributed by atoms with van der Waals surface area (Å²) in [6.45, 7) is 0. The van der Waals surface area contributed by atoms with Crippen LogP contribution in [-0.4, -0.2) is 28.9 Å². The van der Waals surface area contributed by atoms with E-state index >= 15 is 0 Å². The third kappa shape index (κ3) is 3.63. The standard InChI is InChI=1S/C29H19ClN2O5/c1-36-23-15-19(30)13-18-14-22(37-28(18)23)26(33)24-25(17-9-11-31-12-10-17)32(29(35)27(24)34)21-8-4-6-16-5-2-3-7-20(16)21/h2-15,25,34H,1H3. The molecular formula is C29H19ClN2O5. The van der Waals surface area contributed by atoms with Gasteiger partial charge >= 0.3 is 0 Å². The van der Waals surface area contributed by atoms with Crippen LogP contribution in [0.15, 0.2) is 101 Å². The van der Waals surface area contributed by atoms with E-state index in [1.165, 1.54) is 18.1 Å². The first kappa shape index (κ1) is 22.8. The summed E-state index contributed by atoms with van der Waals surface area (Å²) in [5.74, 6) is -1.62. The average molecular weight is 511 g/mol. The molecule has 0 fully saturated rings. The van der Waals surface area contributed by atoms with Gasteiger partial charge in [-0.15, -0.1) is 0 Å². The smallest absolute Gasteiger partial charge is 0.294 e. The number of methoxy groups -OCH3 is 1. The van der Waals surface area contributed by atoms with E-state index in [4.69, 9.17) is 20.8 Å². The van der Waals surface area contributed by atoms with Crippen LogP contribution >= 0.6 is 11.6 Å². The molecule has 1 N–H and O–H groups in total. The lowest BCUT2D eigenvalue weighted by Crippen LogP contribution is -2.31. The number of aliphatic hydroxyl groups excluding tert-OH is 1. The number of hydrogen-bond acceptors (Lipinski definition) is 6. The summed E-state index contributed by atoms with van der Waals surface area (Å²) in [6, 6.07) is 20.5. The average Bonchev–Trinajstić information content (AvgIpc) is 3.46. The second-order valence-corrected chi connectivity index (χ2v) is 9.02. The minimum Gasteiger partial charge on any atom is -0.503 e.